The quantitative estimate of drug-likeness (QED) is 0.850. The van der Waals surface area contributed by atoms with E-state index in [0.717, 1.165) is 30.1 Å². The van der Waals surface area contributed by atoms with Gasteiger partial charge in [0.2, 0.25) is 0 Å². The Labute approximate surface area is 126 Å². The van der Waals surface area contributed by atoms with Gasteiger partial charge in [0.05, 0.1) is 18.9 Å². The molecule has 1 aromatic carbocycles. The smallest absolute Gasteiger partial charge is 0.122 e. The molecule has 0 fully saturated rings. The van der Waals surface area contributed by atoms with Crippen molar-refractivity contribution in [3.8, 4) is 5.75 Å². The molecular formula is C17H22N2O2. The van der Waals surface area contributed by atoms with Crippen molar-refractivity contribution in [3.63, 3.8) is 0 Å². The van der Waals surface area contributed by atoms with E-state index >= 15 is 0 Å². The van der Waals surface area contributed by atoms with Gasteiger partial charge in [-0.3, -0.25) is 4.98 Å². The third kappa shape index (κ3) is 4.85. The number of hydrogen-bond acceptors (Lipinski definition) is 4. The van der Waals surface area contributed by atoms with Crippen molar-refractivity contribution in [2.45, 2.75) is 19.1 Å². The highest BCUT2D eigenvalue weighted by Gasteiger charge is 2.09. The predicted octanol–water partition coefficient (Wildman–Crippen LogP) is 2.65. The lowest BCUT2D eigenvalue weighted by molar-refractivity contribution is 0.147. The van der Waals surface area contributed by atoms with Crippen molar-refractivity contribution in [2.24, 2.45) is 0 Å². The van der Waals surface area contributed by atoms with Crippen LogP contribution in [0.1, 0.15) is 23.8 Å². The van der Waals surface area contributed by atoms with Crippen molar-refractivity contribution in [2.75, 3.05) is 20.7 Å². The topological polar surface area (TPSA) is 45.6 Å². The molecule has 0 amide bonds. The molecule has 2 aromatic rings. The molecule has 1 atom stereocenters. The minimum Gasteiger partial charge on any atom is -0.497 e. The number of aliphatic hydroxyl groups excluding tert-OH is 1. The monoisotopic (exact) mass is 286 g/mol. The molecule has 0 spiro atoms. The van der Waals surface area contributed by atoms with Crippen LogP contribution in [0.3, 0.4) is 0 Å². The van der Waals surface area contributed by atoms with E-state index in [1.807, 2.05) is 49.5 Å². The van der Waals surface area contributed by atoms with Crippen molar-refractivity contribution >= 4 is 0 Å². The SMILES string of the molecule is COc1ccnc(CN(C)CCC(O)c2ccccc2)c1. The molecule has 1 N–H and O–H groups in total. The molecule has 0 aliphatic heterocycles. The summed E-state index contributed by atoms with van der Waals surface area (Å²) in [5.41, 5.74) is 1.93. The van der Waals surface area contributed by atoms with E-state index in [0.29, 0.717) is 6.42 Å². The Bertz CT molecular complexity index is 545. The molecule has 1 aromatic heterocycles. The normalized spacial score (nSPS) is 12.4. The number of benzene rings is 1. The second kappa shape index (κ2) is 7.76. The molecule has 112 valence electrons. The van der Waals surface area contributed by atoms with Gasteiger partial charge in [-0.2, -0.15) is 0 Å². The number of pyridine rings is 1. The number of ether oxygens (including phenoxy) is 1. The van der Waals surface area contributed by atoms with Crippen molar-refractivity contribution in [1.29, 1.82) is 0 Å². The fourth-order valence-electron chi connectivity index (χ4n) is 2.21. The van der Waals surface area contributed by atoms with Crippen LogP contribution in [0.2, 0.25) is 0 Å². The molecule has 2 rings (SSSR count). The molecule has 21 heavy (non-hydrogen) atoms. The highest BCUT2D eigenvalue weighted by atomic mass is 16.5. The minimum absolute atomic E-state index is 0.424. The largest absolute Gasteiger partial charge is 0.497 e. The van der Waals surface area contributed by atoms with E-state index in [4.69, 9.17) is 4.74 Å². The average molecular weight is 286 g/mol. The molecule has 0 bridgehead atoms. The van der Waals surface area contributed by atoms with Gasteiger partial charge in [-0.25, -0.2) is 0 Å². The summed E-state index contributed by atoms with van der Waals surface area (Å²) in [6.45, 7) is 1.54. The van der Waals surface area contributed by atoms with Gasteiger partial charge in [-0.05, 0) is 25.1 Å². The zero-order valence-corrected chi connectivity index (χ0v) is 12.6. The number of methoxy groups -OCH3 is 1. The number of hydrogen-bond donors (Lipinski definition) is 1. The first kappa shape index (κ1) is 15.5. The molecule has 1 heterocycles. The van der Waals surface area contributed by atoms with Gasteiger partial charge in [0.1, 0.15) is 5.75 Å². The van der Waals surface area contributed by atoms with Crippen molar-refractivity contribution in [3.05, 3.63) is 59.9 Å². The van der Waals surface area contributed by atoms with Crippen LogP contribution in [0.25, 0.3) is 0 Å². The Kier molecular flexibility index (Phi) is 5.72. The van der Waals surface area contributed by atoms with Gasteiger partial charge in [0.25, 0.3) is 0 Å². The Morgan fingerprint density at radius 3 is 2.71 bits per heavy atom. The zero-order chi connectivity index (χ0) is 15.1. The Balaban J connectivity index is 1.83. The van der Waals surface area contributed by atoms with Gasteiger partial charge in [0, 0.05) is 25.4 Å². The predicted molar refractivity (Wildman–Crippen MR) is 83.1 cm³/mol. The molecule has 4 nitrogen and oxygen atoms in total. The summed E-state index contributed by atoms with van der Waals surface area (Å²) in [5, 5.41) is 10.2. The lowest BCUT2D eigenvalue weighted by Gasteiger charge is -2.19. The fraction of sp³-hybridized carbons (Fsp3) is 0.353. The van der Waals surface area contributed by atoms with E-state index in [9.17, 15) is 5.11 Å². The Hall–Kier alpha value is -1.91. The number of rotatable bonds is 7. The Morgan fingerprint density at radius 2 is 2.00 bits per heavy atom. The van der Waals surface area contributed by atoms with Crippen LogP contribution >= 0.6 is 0 Å². The lowest BCUT2D eigenvalue weighted by Crippen LogP contribution is -2.21. The highest BCUT2D eigenvalue weighted by Crippen LogP contribution is 2.17. The lowest BCUT2D eigenvalue weighted by atomic mass is 10.1. The molecule has 4 heteroatoms. The van der Waals surface area contributed by atoms with Crippen LogP contribution in [0, 0.1) is 0 Å². The summed E-state index contributed by atoms with van der Waals surface area (Å²) in [6.07, 6.45) is 2.03. The van der Waals surface area contributed by atoms with Gasteiger partial charge in [0.15, 0.2) is 0 Å². The van der Waals surface area contributed by atoms with E-state index in [2.05, 4.69) is 9.88 Å². The molecule has 0 aliphatic carbocycles. The fourth-order valence-corrected chi connectivity index (χ4v) is 2.21. The van der Waals surface area contributed by atoms with E-state index in [1.54, 1.807) is 13.3 Å². The van der Waals surface area contributed by atoms with E-state index < -0.39 is 6.10 Å². The maximum atomic E-state index is 10.2. The summed E-state index contributed by atoms with van der Waals surface area (Å²) >= 11 is 0. The first-order valence-electron chi connectivity index (χ1n) is 7.09. The number of aromatic nitrogens is 1. The van der Waals surface area contributed by atoms with Crippen LogP contribution in [0.15, 0.2) is 48.7 Å². The summed E-state index contributed by atoms with van der Waals surface area (Å²) in [6, 6.07) is 13.5. The summed E-state index contributed by atoms with van der Waals surface area (Å²) in [7, 11) is 3.68. The first-order valence-corrected chi connectivity index (χ1v) is 7.09. The van der Waals surface area contributed by atoms with Crippen LogP contribution < -0.4 is 4.74 Å². The van der Waals surface area contributed by atoms with Crippen molar-refractivity contribution < 1.29 is 9.84 Å². The second-order valence-electron chi connectivity index (χ2n) is 5.14. The van der Waals surface area contributed by atoms with Crippen LogP contribution in [0.5, 0.6) is 5.75 Å². The van der Waals surface area contributed by atoms with Crippen molar-refractivity contribution in [1.82, 2.24) is 9.88 Å². The maximum absolute atomic E-state index is 10.2. The van der Waals surface area contributed by atoms with E-state index in [1.165, 1.54) is 0 Å². The summed E-state index contributed by atoms with van der Waals surface area (Å²) in [4.78, 5) is 6.48. The second-order valence-corrected chi connectivity index (χ2v) is 5.14. The van der Waals surface area contributed by atoms with Crippen LogP contribution in [-0.2, 0) is 6.54 Å². The summed E-state index contributed by atoms with van der Waals surface area (Å²) < 4.78 is 5.19. The van der Waals surface area contributed by atoms with Crippen LogP contribution in [-0.4, -0.2) is 35.7 Å². The highest BCUT2D eigenvalue weighted by molar-refractivity contribution is 5.22. The minimum atomic E-state index is -0.424. The van der Waals surface area contributed by atoms with E-state index in [-0.39, 0.29) is 0 Å². The van der Waals surface area contributed by atoms with Gasteiger partial charge >= 0.3 is 0 Å². The van der Waals surface area contributed by atoms with Gasteiger partial charge in [-0.1, -0.05) is 30.3 Å². The van der Waals surface area contributed by atoms with Gasteiger partial charge < -0.3 is 14.7 Å². The first-order chi connectivity index (χ1) is 10.2. The standard InChI is InChI=1S/C17H22N2O2/c1-19(13-15-12-16(21-2)8-10-18-15)11-9-17(20)14-6-4-3-5-7-14/h3-8,10,12,17,20H,9,11,13H2,1-2H3. The maximum Gasteiger partial charge on any atom is 0.122 e. The molecule has 1 unspecified atom stereocenters. The van der Waals surface area contributed by atoms with Crippen LogP contribution in [0.4, 0.5) is 0 Å². The molecule has 0 radical (unpaired) electrons. The Morgan fingerprint density at radius 1 is 1.24 bits per heavy atom. The summed E-state index contributed by atoms with van der Waals surface area (Å²) in [5.74, 6) is 0.817. The number of nitrogens with zero attached hydrogens (tertiary/aromatic N) is 2. The average Bonchev–Trinajstić information content (AvgIpc) is 2.53. The number of aliphatic hydroxyl groups is 1. The molecular weight excluding hydrogens is 264 g/mol. The third-order valence-electron chi connectivity index (χ3n) is 3.42. The molecule has 0 aliphatic rings. The third-order valence-corrected chi connectivity index (χ3v) is 3.42. The molecule has 0 saturated carbocycles. The zero-order valence-electron chi connectivity index (χ0n) is 12.6. The van der Waals surface area contributed by atoms with Gasteiger partial charge in [-0.15, -0.1) is 0 Å². The molecule has 0 saturated heterocycles.